The Labute approximate surface area is 179 Å². The van der Waals surface area contributed by atoms with Crippen molar-refractivity contribution in [3.05, 3.63) is 59.7 Å². The van der Waals surface area contributed by atoms with E-state index in [1.807, 2.05) is 47.4 Å². The lowest BCUT2D eigenvalue weighted by Gasteiger charge is -2.37. The van der Waals surface area contributed by atoms with E-state index in [1.54, 1.807) is 7.11 Å². The molecule has 1 fully saturated rings. The summed E-state index contributed by atoms with van der Waals surface area (Å²) >= 11 is 0. The molecule has 1 atom stereocenters. The predicted octanol–water partition coefficient (Wildman–Crippen LogP) is 4.15. The van der Waals surface area contributed by atoms with Gasteiger partial charge in [0.15, 0.2) is 0 Å². The summed E-state index contributed by atoms with van der Waals surface area (Å²) in [6, 6.07) is 16.0. The zero-order valence-electron chi connectivity index (χ0n) is 17.2. The normalized spacial score (nSPS) is 16.1. The second kappa shape index (κ2) is 11.7. The number of aryl methyl sites for hydroxylation is 1. The number of hydrogen-bond acceptors (Lipinski definition) is 4. The Balaban J connectivity index is 0.00000300. The molecule has 0 bridgehead atoms. The van der Waals surface area contributed by atoms with Crippen LogP contribution < -0.4 is 14.8 Å². The van der Waals surface area contributed by atoms with Crippen LogP contribution in [0.25, 0.3) is 0 Å². The number of para-hydroxylation sites is 1. The van der Waals surface area contributed by atoms with E-state index in [0.29, 0.717) is 13.0 Å². The molecule has 2 aromatic carbocycles. The van der Waals surface area contributed by atoms with Crippen molar-refractivity contribution in [1.29, 1.82) is 0 Å². The van der Waals surface area contributed by atoms with E-state index in [-0.39, 0.29) is 24.4 Å². The van der Waals surface area contributed by atoms with Gasteiger partial charge in [0.2, 0.25) is 5.91 Å². The number of nitrogens with one attached hydrogen (secondary N) is 1. The van der Waals surface area contributed by atoms with E-state index in [2.05, 4.69) is 18.3 Å². The van der Waals surface area contributed by atoms with Gasteiger partial charge in [-0.05, 0) is 43.5 Å². The molecule has 1 aliphatic rings. The highest BCUT2D eigenvalue weighted by Crippen LogP contribution is 2.30. The number of piperazine rings is 1. The van der Waals surface area contributed by atoms with E-state index >= 15 is 0 Å². The summed E-state index contributed by atoms with van der Waals surface area (Å²) in [6.07, 6.45) is 2.24. The van der Waals surface area contributed by atoms with Crippen LogP contribution in [0.1, 0.15) is 36.4 Å². The maximum atomic E-state index is 12.9. The Morgan fingerprint density at radius 2 is 2.00 bits per heavy atom. The first kappa shape index (κ1) is 23.0. The Kier molecular flexibility index (Phi) is 9.29. The number of methoxy groups -OCH3 is 1. The van der Waals surface area contributed by atoms with Crippen LogP contribution in [0, 0.1) is 6.92 Å². The van der Waals surface area contributed by atoms with Gasteiger partial charge in [0, 0.05) is 31.6 Å². The monoisotopic (exact) mass is 418 g/mol. The van der Waals surface area contributed by atoms with Crippen LogP contribution in [0.2, 0.25) is 0 Å². The maximum Gasteiger partial charge on any atom is 0.223 e. The van der Waals surface area contributed by atoms with Crippen molar-refractivity contribution in [1.82, 2.24) is 10.2 Å². The van der Waals surface area contributed by atoms with Gasteiger partial charge in [0.05, 0.1) is 19.8 Å². The molecule has 29 heavy (non-hydrogen) atoms. The van der Waals surface area contributed by atoms with Crippen molar-refractivity contribution in [2.45, 2.75) is 32.2 Å². The zero-order valence-corrected chi connectivity index (χ0v) is 18.0. The number of unbranched alkanes of at least 4 members (excludes halogenated alkanes) is 1. The number of rotatable bonds is 8. The van der Waals surface area contributed by atoms with Gasteiger partial charge in [-0.2, -0.15) is 0 Å². The van der Waals surface area contributed by atoms with Gasteiger partial charge in [0.25, 0.3) is 0 Å². The molecule has 158 valence electrons. The van der Waals surface area contributed by atoms with Crippen LogP contribution in [0.4, 0.5) is 0 Å². The Morgan fingerprint density at radius 3 is 2.79 bits per heavy atom. The second-order valence-corrected chi connectivity index (χ2v) is 7.17. The van der Waals surface area contributed by atoms with Crippen LogP contribution in [0.15, 0.2) is 48.5 Å². The van der Waals surface area contributed by atoms with Crippen molar-refractivity contribution in [3.63, 3.8) is 0 Å². The molecule has 6 heteroatoms. The number of nitrogens with zero attached hydrogens (tertiary/aromatic N) is 1. The van der Waals surface area contributed by atoms with Crippen LogP contribution in [-0.2, 0) is 4.79 Å². The molecule has 0 aromatic heterocycles. The van der Waals surface area contributed by atoms with Gasteiger partial charge in [-0.3, -0.25) is 4.79 Å². The van der Waals surface area contributed by atoms with Crippen molar-refractivity contribution in [3.8, 4) is 11.5 Å². The first-order valence-corrected chi connectivity index (χ1v) is 10.0. The van der Waals surface area contributed by atoms with Crippen molar-refractivity contribution in [2.24, 2.45) is 0 Å². The third-order valence-corrected chi connectivity index (χ3v) is 5.10. The van der Waals surface area contributed by atoms with Crippen LogP contribution in [-0.4, -0.2) is 44.2 Å². The summed E-state index contributed by atoms with van der Waals surface area (Å²) in [5.74, 6) is 1.93. The highest BCUT2D eigenvalue weighted by Gasteiger charge is 2.29. The number of benzene rings is 2. The fraction of sp³-hybridized carbons (Fsp3) is 0.435. The lowest BCUT2D eigenvalue weighted by Crippen LogP contribution is -2.48. The molecular weight excluding hydrogens is 388 g/mol. The van der Waals surface area contributed by atoms with Crippen LogP contribution in [0.3, 0.4) is 0 Å². The molecule has 2 aromatic rings. The minimum Gasteiger partial charge on any atom is -0.496 e. The number of ether oxygens (including phenoxy) is 2. The molecule has 3 rings (SSSR count). The molecule has 1 N–H and O–H groups in total. The molecule has 0 radical (unpaired) electrons. The van der Waals surface area contributed by atoms with Gasteiger partial charge in [0.1, 0.15) is 11.5 Å². The SMILES string of the molecule is COc1ccccc1C1CNCCN1C(=O)CCCCOc1cccc(C)c1.Cl. The molecule has 1 unspecified atom stereocenters. The zero-order chi connectivity index (χ0) is 19.8. The van der Waals surface area contributed by atoms with Crippen LogP contribution in [0.5, 0.6) is 11.5 Å². The van der Waals surface area contributed by atoms with Gasteiger partial charge in [-0.15, -0.1) is 12.4 Å². The fourth-order valence-electron chi connectivity index (χ4n) is 3.64. The summed E-state index contributed by atoms with van der Waals surface area (Å²) in [5.41, 5.74) is 2.25. The van der Waals surface area contributed by atoms with Gasteiger partial charge in [-0.25, -0.2) is 0 Å². The Morgan fingerprint density at radius 1 is 1.17 bits per heavy atom. The third kappa shape index (κ3) is 6.38. The largest absolute Gasteiger partial charge is 0.496 e. The smallest absolute Gasteiger partial charge is 0.223 e. The highest BCUT2D eigenvalue weighted by molar-refractivity contribution is 5.85. The van der Waals surface area contributed by atoms with E-state index < -0.39 is 0 Å². The molecule has 0 aliphatic carbocycles. The first-order valence-electron chi connectivity index (χ1n) is 10.0. The summed E-state index contributed by atoms with van der Waals surface area (Å²) in [7, 11) is 1.68. The lowest BCUT2D eigenvalue weighted by molar-refractivity contribution is -0.134. The quantitative estimate of drug-likeness (QED) is 0.654. The van der Waals surface area contributed by atoms with Crippen LogP contribution >= 0.6 is 12.4 Å². The molecule has 1 saturated heterocycles. The maximum absolute atomic E-state index is 12.9. The van der Waals surface area contributed by atoms with E-state index in [1.165, 1.54) is 5.56 Å². The molecule has 0 saturated carbocycles. The van der Waals surface area contributed by atoms with Gasteiger partial charge in [-0.1, -0.05) is 30.3 Å². The standard InChI is InChI=1S/C23H30N2O3.ClH/c1-18-8-7-9-19(16-18)28-15-6-5-12-23(26)25-14-13-24-17-21(25)20-10-3-4-11-22(20)27-2;/h3-4,7-11,16,21,24H,5-6,12-15,17H2,1-2H3;1H. The molecule has 0 spiro atoms. The van der Waals surface area contributed by atoms with Gasteiger partial charge >= 0.3 is 0 Å². The van der Waals surface area contributed by atoms with E-state index in [4.69, 9.17) is 9.47 Å². The topological polar surface area (TPSA) is 50.8 Å². The highest BCUT2D eigenvalue weighted by atomic mass is 35.5. The first-order chi connectivity index (χ1) is 13.7. The Bertz CT molecular complexity index is 784. The molecule has 1 amide bonds. The summed E-state index contributed by atoms with van der Waals surface area (Å²) in [6.45, 7) is 4.99. The lowest BCUT2D eigenvalue weighted by atomic mass is 10.0. The summed E-state index contributed by atoms with van der Waals surface area (Å²) < 4.78 is 11.3. The molecule has 1 heterocycles. The number of amides is 1. The number of carbonyl (C=O) groups is 1. The van der Waals surface area contributed by atoms with E-state index in [0.717, 1.165) is 49.5 Å². The van der Waals surface area contributed by atoms with Crippen molar-refractivity contribution < 1.29 is 14.3 Å². The third-order valence-electron chi connectivity index (χ3n) is 5.10. The number of halogens is 1. The van der Waals surface area contributed by atoms with Gasteiger partial charge < -0.3 is 19.7 Å². The second-order valence-electron chi connectivity index (χ2n) is 7.17. The Hall–Kier alpha value is -2.24. The average Bonchev–Trinajstić information content (AvgIpc) is 2.73. The number of hydrogen-bond donors (Lipinski definition) is 1. The predicted molar refractivity (Wildman–Crippen MR) is 118 cm³/mol. The fourth-order valence-corrected chi connectivity index (χ4v) is 3.64. The van der Waals surface area contributed by atoms with Crippen molar-refractivity contribution >= 4 is 18.3 Å². The minimum atomic E-state index is 0. The summed E-state index contributed by atoms with van der Waals surface area (Å²) in [5, 5.41) is 3.40. The van der Waals surface area contributed by atoms with E-state index in [9.17, 15) is 4.79 Å². The molecule has 1 aliphatic heterocycles. The number of carbonyl (C=O) groups excluding carboxylic acids is 1. The average molecular weight is 419 g/mol. The molecular formula is C23H31ClN2O3. The molecule has 5 nitrogen and oxygen atoms in total. The minimum absolute atomic E-state index is 0. The van der Waals surface area contributed by atoms with Crippen molar-refractivity contribution in [2.75, 3.05) is 33.4 Å². The summed E-state index contributed by atoms with van der Waals surface area (Å²) in [4.78, 5) is 14.9.